The second-order valence-corrected chi connectivity index (χ2v) is 5.12. The van der Waals surface area contributed by atoms with Crippen molar-refractivity contribution in [3.8, 4) is 0 Å². The van der Waals surface area contributed by atoms with Crippen LogP contribution >= 0.6 is 0 Å². The highest BCUT2D eigenvalue weighted by molar-refractivity contribution is 6.21. The standard InChI is InChI=1S/C17H13NO7/c1-3-12-11(16(21)23-2)8-13(24-12)17(22)25-18-14(19)9-6-4-5-7-10(9)15(18)20/h4-8H,3H2,1-2H3. The number of fused-ring (bicyclic) bond motifs is 1. The molecule has 25 heavy (non-hydrogen) atoms. The molecule has 0 N–H and O–H groups in total. The highest BCUT2D eigenvalue weighted by Gasteiger charge is 2.39. The molecule has 0 saturated carbocycles. The van der Waals surface area contributed by atoms with Crippen LogP contribution in [0.4, 0.5) is 0 Å². The molecule has 1 aliphatic rings. The number of furan rings is 1. The summed E-state index contributed by atoms with van der Waals surface area (Å²) in [5, 5.41) is 0.374. The number of ether oxygens (including phenoxy) is 1. The Hall–Kier alpha value is -3.42. The van der Waals surface area contributed by atoms with Crippen LogP contribution in [0.3, 0.4) is 0 Å². The minimum Gasteiger partial charge on any atom is -0.465 e. The number of imide groups is 1. The van der Waals surface area contributed by atoms with E-state index in [1.165, 1.54) is 19.2 Å². The second-order valence-electron chi connectivity index (χ2n) is 5.12. The van der Waals surface area contributed by atoms with E-state index in [-0.39, 0.29) is 28.2 Å². The van der Waals surface area contributed by atoms with Crippen molar-refractivity contribution in [2.75, 3.05) is 7.11 Å². The van der Waals surface area contributed by atoms with Gasteiger partial charge in [-0.2, -0.15) is 0 Å². The average molecular weight is 343 g/mol. The van der Waals surface area contributed by atoms with E-state index < -0.39 is 23.8 Å². The van der Waals surface area contributed by atoms with Gasteiger partial charge < -0.3 is 14.0 Å². The van der Waals surface area contributed by atoms with Gasteiger partial charge in [0.15, 0.2) is 0 Å². The molecular weight excluding hydrogens is 330 g/mol. The number of nitrogens with zero attached hydrogens (tertiary/aromatic N) is 1. The van der Waals surface area contributed by atoms with Gasteiger partial charge in [-0.05, 0) is 12.1 Å². The van der Waals surface area contributed by atoms with E-state index in [9.17, 15) is 19.2 Å². The molecule has 0 atom stereocenters. The minimum absolute atomic E-state index is 0.0827. The monoisotopic (exact) mass is 343 g/mol. The molecule has 2 amide bonds. The van der Waals surface area contributed by atoms with E-state index >= 15 is 0 Å². The van der Waals surface area contributed by atoms with Gasteiger partial charge in [-0.1, -0.05) is 24.1 Å². The maximum atomic E-state index is 12.2. The third kappa shape index (κ3) is 2.67. The third-order valence-corrected chi connectivity index (χ3v) is 3.67. The quantitative estimate of drug-likeness (QED) is 0.618. The van der Waals surface area contributed by atoms with Crippen LogP contribution in [0.5, 0.6) is 0 Å². The fourth-order valence-corrected chi connectivity index (χ4v) is 2.45. The Morgan fingerprint density at radius 3 is 2.20 bits per heavy atom. The summed E-state index contributed by atoms with van der Waals surface area (Å²) in [5.74, 6) is -3.30. The van der Waals surface area contributed by atoms with Crippen LogP contribution < -0.4 is 0 Å². The molecule has 1 aromatic carbocycles. The van der Waals surface area contributed by atoms with Crippen LogP contribution in [-0.4, -0.2) is 35.9 Å². The van der Waals surface area contributed by atoms with E-state index in [1.807, 2.05) is 0 Å². The summed E-state index contributed by atoms with van der Waals surface area (Å²) in [6.45, 7) is 1.73. The largest absolute Gasteiger partial charge is 0.465 e. The zero-order chi connectivity index (χ0) is 18.1. The predicted molar refractivity (Wildman–Crippen MR) is 81.8 cm³/mol. The van der Waals surface area contributed by atoms with Gasteiger partial charge >= 0.3 is 11.9 Å². The zero-order valence-electron chi connectivity index (χ0n) is 13.4. The van der Waals surface area contributed by atoms with Crippen molar-refractivity contribution < 1.29 is 33.2 Å². The van der Waals surface area contributed by atoms with Crippen LogP contribution in [0.15, 0.2) is 34.7 Å². The first-order valence-corrected chi connectivity index (χ1v) is 7.39. The average Bonchev–Trinajstić information content (AvgIpc) is 3.17. The van der Waals surface area contributed by atoms with E-state index in [1.54, 1.807) is 19.1 Å². The smallest absolute Gasteiger partial charge is 0.399 e. The van der Waals surface area contributed by atoms with Gasteiger partial charge in [-0.15, -0.1) is 0 Å². The van der Waals surface area contributed by atoms with Crippen LogP contribution in [-0.2, 0) is 16.0 Å². The molecule has 128 valence electrons. The van der Waals surface area contributed by atoms with Gasteiger partial charge in [-0.25, -0.2) is 9.59 Å². The fourth-order valence-electron chi connectivity index (χ4n) is 2.45. The molecule has 0 fully saturated rings. The second kappa shape index (κ2) is 6.23. The summed E-state index contributed by atoms with van der Waals surface area (Å²) in [5.41, 5.74) is 0.368. The molecule has 0 aliphatic carbocycles. The predicted octanol–water partition coefficient (Wildman–Crippen LogP) is 2.00. The van der Waals surface area contributed by atoms with E-state index in [4.69, 9.17) is 9.25 Å². The number of carbonyl (C=O) groups excluding carboxylic acids is 4. The maximum absolute atomic E-state index is 12.2. The number of aryl methyl sites for hydroxylation is 1. The van der Waals surface area contributed by atoms with Crippen molar-refractivity contribution in [3.05, 3.63) is 58.5 Å². The number of hydroxylamine groups is 2. The molecule has 8 heteroatoms. The highest BCUT2D eigenvalue weighted by atomic mass is 16.7. The molecule has 3 rings (SSSR count). The summed E-state index contributed by atoms with van der Waals surface area (Å²) in [4.78, 5) is 53.1. The fraction of sp³-hybridized carbons (Fsp3) is 0.176. The molecule has 1 aromatic heterocycles. The number of hydrogen-bond donors (Lipinski definition) is 0. The van der Waals surface area contributed by atoms with Crippen molar-refractivity contribution in [3.63, 3.8) is 0 Å². The SMILES string of the molecule is CCc1oc(C(=O)ON2C(=O)c3ccccc3C2=O)cc1C(=O)OC. The van der Waals surface area contributed by atoms with Crippen molar-refractivity contribution in [2.24, 2.45) is 0 Å². The van der Waals surface area contributed by atoms with E-state index in [0.29, 0.717) is 11.5 Å². The summed E-state index contributed by atoms with van der Waals surface area (Å²) < 4.78 is 9.89. The van der Waals surface area contributed by atoms with Gasteiger partial charge in [0.05, 0.1) is 18.2 Å². The molecule has 8 nitrogen and oxygen atoms in total. The highest BCUT2D eigenvalue weighted by Crippen LogP contribution is 2.24. The number of hydrogen-bond acceptors (Lipinski definition) is 7. The van der Waals surface area contributed by atoms with Crippen LogP contribution in [0, 0.1) is 0 Å². The molecular formula is C17H13NO7. The Morgan fingerprint density at radius 2 is 1.68 bits per heavy atom. The van der Waals surface area contributed by atoms with Crippen LogP contribution in [0.25, 0.3) is 0 Å². The first-order chi connectivity index (χ1) is 12.0. The molecule has 0 saturated heterocycles. The number of amides is 2. The van der Waals surface area contributed by atoms with Gasteiger partial charge in [0.25, 0.3) is 11.8 Å². The van der Waals surface area contributed by atoms with E-state index in [0.717, 1.165) is 6.07 Å². The molecule has 2 aromatic rings. The molecule has 0 spiro atoms. The topological polar surface area (TPSA) is 103 Å². The Morgan fingerprint density at radius 1 is 1.08 bits per heavy atom. The van der Waals surface area contributed by atoms with Crippen molar-refractivity contribution in [2.45, 2.75) is 13.3 Å². The van der Waals surface area contributed by atoms with Crippen molar-refractivity contribution in [1.82, 2.24) is 5.06 Å². The molecule has 0 radical (unpaired) electrons. The number of methoxy groups -OCH3 is 1. The van der Waals surface area contributed by atoms with Crippen molar-refractivity contribution >= 4 is 23.8 Å². The van der Waals surface area contributed by atoms with Gasteiger partial charge in [0.2, 0.25) is 5.76 Å². The first-order valence-electron chi connectivity index (χ1n) is 7.39. The van der Waals surface area contributed by atoms with Crippen LogP contribution in [0.1, 0.15) is 54.3 Å². The Labute approximate surface area is 141 Å². The van der Waals surface area contributed by atoms with Crippen LogP contribution in [0.2, 0.25) is 0 Å². The molecule has 1 aliphatic heterocycles. The lowest BCUT2D eigenvalue weighted by Gasteiger charge is -2.11. The maximum Gasteiger partial charge on any atom is 0.399 e. The zero-order valence-corrected chi connectivity index (χ0v) is 13.4. The van der Waals surface area contributed by atoms with Gasteiger partial charge in [0, 0.05) is 12.5 Å². The summed E-state index contributed by atoms with van der Waals surface area (Å²) >= 11 is 0. The van der Waals surface area contributed by atoms with Crippen molar-refractivity contribution in [1.29, 1.82) is 0 Å². The Kier molecular flexibility index (Phi) is 4.10. The lowest BCUT2D eigenvalue weighted by molar-refractivity contribution is -0.0603. The third-order valence-electron chi connectivity index (χ3n) is 3.67. The summed E-state index contributed by atoms with van der Waals surface area (Å²) in [6.07, 6.45) is 0.338. The molecule has 0 bridgehead atoms. The van der Waals surface area contributed by atoms with Gasteiger partial charge in [-0.3, -0.25) is 9.59 Å². The molecule has 0 unspecified atom stereocenters. The number of benzene rings is 1. The van der Waals surface area contributed by atoms with Gasteiger partial charge in [0.1, 0.15) is 11.3 Å². The normalized spacial score (nSPS) is 13.0. The lowest BCUT2D eigenvalue weighted by atomic mass is 10.1. The Balaban J connectivity index is 1.84. The number of carbonyl (C=O) groups is 4. The minimum atomic E-state index is -1.07. The molecule has 2 heterocycles. The van der Waals surface area contributed by atoms with E-state index in [2.05, 4.69) is 4.74 Å². The lowest BCUT2D eigenvalue weighted by Crippen LogP contribution is -2.32. The Bertz CT molecular complexity index is 861. The summed E-state index contributed by atoms with van der Waals surface area (Å²) in [6, 6.07) is 7.27. The number of rotatable bonds is 4. The summed E-state index contributed by atoms with van der Waals surface area (Å²) in [7, 11) is 1.20. The first kappa shape index (κ1) is 16.4. The number of esters is 1.